The Morgan fingerprint density at radius 3 is 2.59 bits per heavy atom. The maximum atomic E-state index is 11.8. The molecule has 1 rings (SSSR count). The van der Waals surface area contributed by atoms with E-state index in [0.717, 1.165) is 4.68 Å². The fourth-order valence-corrected chi connectivity index (χ4v) is 0.984. The number of carboxylic acid groups (broad SMARTS) is 1. The third-order valence-corrected chi connectivity index (χ3v) is 1.74. The number of rotatable bonds is 4. The van der Waals surface area contributed by atoms with Crippen molar-refractivity contribution in [3.8, 4) is 0 Å². The van der Waals surface area contributed by atoms with Crippen LogP contribution < -0.4 is 5.32 Å². The van der Waals surface area contributed by atoms with E-state index in [4.69, 9.17) is 5.11 Å². The highest BCUT2D eigenvalue weighted by Crippen LogP contribution is 2.13. The van der Waals surface area contributed by atoms with Crippen molar-refractivity contribution >= 4 is 11.9 Å². The van der Waals surface area contributed by atoms with Crippen molar-refractivity contribution in [2.75, 3.05) is 6.54 Å². The molecule has 94 valence electrons. The molecule has 1 amide bonds. The Labute approximate surface area is 93.0 Å². The van der Waals surface area contributed by atoms with E-state index in [9.17, 15) is 22.8 Å². The number of hydrogen-bond donors (Lipinski definition) is 2. The van der Waals surface area contributed by atoms with Gasteiger partial charge in [-0.15, -0.1) is 0 Å². The van der Waals surface area contributed by atoms with Crippen LogP contribution in [0.5, 0.6) is 0 Å². The van der Waals surface area contributed by atoms with Crippen LogP contribution in [0.15, 0.2) is 12.3 Å². The first kappa shape index (κ1) is 13.0. The lowest BCUT2D eigenvalue weighted by Gasteiger charge is -2.07. The molecule has 0 aromatic carbocycles. The number of aromatic carboxylic acids is 1. The summed E-state index contributed by atoms with van der Waals surface area (Å²) in [5.74, 6) is -3.27. The molecule has 17 heavy (non-hydrogen) atoms. The van der Waals surface area contributed by atoms with Gasteiger partial charge in [0.25, 0.3) is 0 Å². The standard InChI is InChI=1S/C8H8F3N3O3/c9-8(10,11)7(17)12-2-4-14-3-1-5(13-14)6(15)16/h1,3H,2,4H2,(H,12,17)(H,15,16). The molecule has 0 radical (unpaired) electrons. The molecule has 2 N–H and O–H groups in total. The van der Waals surface area contributed by atoms with Gasteiger partial charge in [0.05, 0.1) is 6.54 Å². The molecule has 0 atom stereocenters. The fourth-order valence-electron chi connectivity index (χ4n) is 0.984. The summed E-state index contributed by atoms with van der Waals surface area (Å²) in [5, 5.41) is 13.7. The monoisotopic (exact) mass is 251 g/mol. The minimum absolute atomic E-state index is 0.0465. The number of hydrogen-bond acceptors (Lipinski definition) is 3. The average Bonchev–Trinajstić information content (AvgIpc) is 2.64. The number of nitrogens with zero attached hydrogens (tertiary/aromatic N) is 2. The summed E-state index contributed by atoms with van der Waals surface area (Å²) in [6, 6.07) is 1.20. The first-order chi connectivity index (χ1) is 7.80. The van der Waals surface area contributed by atoms with Gasteiger partial charge in [0.1, 0.15) is 0 Å². The van der Waals surface area contributed by atoms with E-state index in [1.54, 1.807) is 5.32 Å². The molecule has 0 bridgehead atoms. The summed E-state index contributed by atoms with van der Waals surface area (Å²) >= 11 is 0. The molecule has 0 saturated heterocycles. The van der Waals surface area contributed by atoms with Crippen molar-refractivity contribution in [2.45, 2.75) is 12.7 Å². The Morgan fingerprint density at radius 2 is 2.12 bits per heavy atom. The van der Waals surface area contributed by atoms with E-state index < -0.39 is 18.1 Å². The average molecular weight is 251 g/mol. The highest BCUT2D eigenvalue weighted by atomic mass is 19.4. The number of carbonyl (C=O) groups excluding carboxylic acids is 1. The zero-order chi connectivity index (χ0) is 13.1. The number of aromatic nitrogens is 2. The number of carboxylic acids is 1. The van der Waals surface area contributed by atoms with Gasteiger partial charge < -0.3 is 10.4 Å². The quantitative estimate of drug-likeness (QED) is 0.803. The third kappa shape index (κ3) is 3.78. The van der Waals surface area contributed by atoms with Crippen LogP contribution in [0.2, 0.25) is 0 Å². The molecule has 0 aliphatic rings. The molecule has 0 aliphatic carbocycles. The van der Waals surface area contributed by atoms with Crippen LogP contribution in [0.3, 0.4) is 0 Å². The van der Waals surface area contributed by atoms with Crippen LogP contribution in [-0.4, -0.2) is 39.5 Å². The first-order valence-electron chi connectivity index (χ1n) is 4.42. The number of alkyl halides is 3. The van der Waals surface area contributed by atoms with E-state index in [-0.39, 0.29) is 18.8 Å². The normalized spacial score (nSPS) is 11.2. The lowest BCUT2D eigenvalue weighted by atomic mass is 10.5. The van der Waals surface area contributed by atoms with Crippen molar-refractivity contribution in [3.63, 3.8) is 0 Å². The molecule has 0 fully saturated rings. The summed E-state index contributed by atoms with van der Waals surface area (Å²) in [4.78, 5) is 20.8. The zero-order valence-corrected chi connectivity index (χ0v) is 8.36. The lowest BCUT2D eigenvalue weighted by Crippen LogP contribution is -2.38. The van der Waals surface area contributed by atoms with E-state index >= 15 is 0 Å². The predicted octanol–water partition coefficient (Wildman–Crippen LogP) is 0.260. The Kier molecular flexibility index (Phi) is 3.71. The molecule has 9 heteroatoms. The molecule has 1 aromatic rings. The van der Waals surface area contributed by atoms with E-state index in [1.807, 2.05) is 0 Å². The van der Waals surface area contributed by atoms with Crippen LogP contribution in [0.1, 0.15) is 10.5 Å². The first-order valence-corrected chi connectivity index (χ1v) is 4.42. The molecule has 1 aromatic heterocycles. The summed E-state index contributed by atoms with van der Waals surface area (Å²) in [6.45, 7) is -0.339. The van der Waals surface area contributed by atoms with Crippen molar-refractivity contribution < 1.29 is 27.9 Å². The molecule has 0 aliphatic heterocycles. The van der Waals surface area contributed by atoms with Gasteiger partial charge in [0, 0.05) is 12.7 Å². The van der Waals surface area contributed by atoms with Gasteiger partial charge in [-0.25, -0.2) is 4.79 Å². The van der Waals surface area contributed by atoms with Crippen molar-refractivity contribution in [1.82, 2.24) is 15.1 Å². The molecular weight excluding hydrogens is 243 g/mol. The SMILES string of the molecule is O=C(O)c1ccn(CCNC(=O)C(F)(F)F)n1. The molecule has 1 heterocycles. The maximum absolute atomic E-state index is 11.8. The Bertz CT molecular complexity index is 427. The van der Waals surface area contributed by atoms with Crippen LogP contribution in [-0.2, 0) is 11.3 Å². The van der Waals surface area contributed by atoms with Gasteiger partial charge in [-0.1, -0.05) is 0 Å². The number of nitrogens with one attached hydrogen (secondary N) is 1. The second kappa shape index (κ2) is 4.85. The number of halogens is 3. The minimum atomic E-state index is -4.92. The highest BCUT2D eigenvalue weighted by Gasteiger charge is 2.38. The summed E-state index contributed by atoms with van der Waals surface area (Å²) < 4.78 is 36.4. The summed E-state index contributed by atoms with van der Waals surface area (Å²) in [6.07, 6.45) is -3.63. The van der Waals surface area contributed by atoms with Crippen molar-refractivity contribution in [1.29, 1.82) is 0 Å². The Hall–Kier alpha value is -2.06. The van der Waals surface area contributed by atoms with Crippen molar-refractivity contribution in [2.24, 2.45) is 0 Å². The van der Waals surface area contributed by atoms with Gasteiger partial charge in [0.15, 0.2) is 5.69 Å². The Balaban J connectivity index is 2.41. The van der Waals surface area contributed by atoms with Crippen molar-refractivity contribution in [3.05, 3.63) is 18.0 Å². The number of amides is 1. The van der Waals surface area contributed by atoms with Crippen LogP contribution in [0.25, 0.3) is 0 Å². The van der Waals surface area contributed by atoms with E-state index in [2.05, 4.69) is 5.10 Å². The Morgan fingerprint density at radius 1 is 1.47 bits per heavy atom. The summed E-state index contributed by atoms with van der Waals surface area (Å²) in [7, 11) is 0. The fraction of sp³-hybridized carbons (Fsp3) is 0.375. The van der Waals surface area contributed by atoms with E-state index in [0.29, 0.717) is 0 Å². The number of carbonyl (C=O) groups is 2. The predicted molar refractivity (Wildman–Crippen MR) is 48.3 cm³/mol. The maximum Gasteiger partial charge on any atom is 0.471 e. The highest BCUT2D eigenvalue weighted by molar-refractivity contribution is 5.85. The van der Waals surface area contributed by atoms with Gasteiger partial charge in [-0.2, -0.15) is 18.3 Å². The topological polar surface area (TPSA) is 84.2 Å². The van der Waals surface area contributed by atoms with Gasteiger partial charge in [-0.3, -0.25) is 9.48 Å². The van der Waals surface area contributed by atoms with E-state index in [1.165, 1.54) is 12.3 Å². The second-order valence-corrected chi connectivity index (χ2v) is 3.02. The van der Waals surface area contributed by atoms with Crippen LogP contribution in [0.4, 0.5) is 13.2 Å². The van der Waals surface area contributed by atoms with Crippen LogP contribution >= 0.6 is 0 Å². The second-order valence-electron chi connectivity index (χ2n) is 3.02. The van der Waals surface area contributed by atoms with Gasteiger partial charge >= 0.3 is 18.1 Å². The molecule has 0 spiro atoms. The lowest BCUT2D eigenvalue weighted by molar-refractivity contribution is -0.173. The zero-order valence-electron chi connectivity index (χ0n) is 8.36. The molecule has 6 nitrogen and oxygen atoms in total. The molecule has 0 saturated carbocycles. The van der Waals surface area contributed by atoms with Crippen LogP contribution in [0, 0.1) is 0 Å². The third-order valence-electron chi connectivity index (χ3n) is 1.74. The van der Waals surface area contributed by atoms with Gasteiger partial charge in [-0.05, 0) is 6.07 Å². The van der Waals surface area contributed by atoms with Gasteiger partial charge in [0.2, 0.25) is 0 Å². The largest absolute Gasteiger partial charge is 0.476 e. The molecule has 0 unspecified atom stereocenters. The summed E-state index contributed by atoms with van der Waals surface area (Å²) in [5.41, 5.74) is -0.216. The molecular formula is C8H8F3N3O3. The smallest absolute Gasteiger partial charge is 0.471 e. The minimum Gasteiger partial charge on any atom is -0.476 e.